The molecule has 4 heteroatoms. The third kappa shape index (κ3) is 2.56. The molecule has 2 unspecified atom stereocenters. The monoisotopic (exact) mass is 268 g/mol. The lowest BCUT2D eigenvalue weighted by molar-refractivity contribution is 0.306. The summed E-state index contributed by atoms with van der Waals surface area (Å²) in [5.41, 5.74) is 7.57. The van der Waals surface area contributed by atoms with Crippen molar-refractivity contribution in [3.8, 4) is 0 Å². The average molecular weight is 268 g/mol. The summed E-state index contributed by atoms with van der Waals surface area (Å²) in [6.45, 7) is 3.60. The molecule has 1 fully saturated rings. The van der Waals surface area contributed by atoms with Crippen molar-refractivity contribution in [3.63, 3.8) is 0 Å². The Labute approximate surface area is 113 Å². The van der Waals surface area contributed by atoms with Gasteiger partial charge in [0.1, 0.15) is 5.82 Å². The Bertz CT molecular complexity index is 436. The van der Waals surface area contributed by atoms with Crippen LogP contribution in [0.3, 0.4) is 0 Å². The minimum atomic E-state index is -0.0835. The van der Waals surface area contributed by atoms with E-state index in [4.69, 9.17) is 5.73 Å². The van der Waals surface area contributed by atoms with Crippen LogP contribution in [0.1, 0.15) is 23.6 Å². The van der Waals surface area contributed by atoms with E-state index in [9.17, 15) is 4.39 Å². The number of halogens is 1. The first-order valence-electron chi connectivity index (χ1n) is 6.31. The number of thioether (sulfide) groups is 1. The zero-order valence-corrected chi connectivity index (χ0v) is 12.1. The van der Waals surface area contributed by atoms with Gasteiger partial charge in [0.25, 0.3) is 0 Å². The molecule has 2 rings (SSSR count). The van der Waals surface area contributed by atoms with Crippen LogP contribution in [0.4, 0.5) is 4.39 Å². The number of benzene rings is 1. The maximum Gasteiger partial charge on any atom is 0.128 e. The zero-order valence-electron chi connectivity index (χ0n) is 11.2. The smallest absolute Gasteiger partial charge is 0.128 e. The summed E-state index contributed by atoms with van der Waals surface area (Å²) < 4.78 is 14.2. The highest BCUT2D eigenvalue weighted by atomic mass is 32.2. The molecular formula is C14H21FN2S. The average Bonchev–Trinajstić information content (AvgIpc) is 2.71. The summed E-state index contributed by atoms with van der Waals surface area (Å²) in [6.07, 6.45) is 2.99. The molecule has 1 saturated heterocycles. The first kappa shape index (κ1) is 13.8. The highest BCUT2D eigenvalue weighted by Gasteiger charge is 2.31. The van der Waals surface area contributed by atoms with Gasteiger partial charge in [-0.2, -0.15) is 0 Å². The van der Waals surface area contributed by atoms with Crippen LogP contribution in [0.15, 0.2) is 17.0 Å². The molecule has 0 amide bonds. The predicted octanol–water partition coefficient (Wildman–Crippen LogP) is 2.81. The number of nitrogens with zero attached hydrogens (tertiary/aromatic N) is 1. The van der Waals surface area contributed by atoms with Gasteiger partial charge in [0.2, 0.25) is 0 Å². The molecule has 18 heavy (non-hydrogen) atoms. The van der Waals surface area contributed by atoms with Gasteiger partial charge in [-0.15, -0.1) is 11.8 Å². The molecule has 0 radical (unpaired) electrons. The first-order chi connectivity index (χ1) is 8.56. The summed E-state index contributed by atoms with van der Waals surface area (Å²) in [4.78, 5) is 3.38. The molecule has 1 aliphatic rings. The van der Waals surface area contributed by atoms with Crippen molar-refractivity contribution in [1.82, 2.24) is 4.90 Å². The fraction of sp³-hybridized carbons (Fsp3) is 0.571. The van der Waals surface area contributed by atoms with Crippen LogP contribution in [-0.2, 0) is 0 Å². The van der Waals surface area contributed by atoms with E-state index in [0.29, 0.717) is 12.5 Å². The van der Waals surface area contributed by atoms with Crippen LogP contribution in [0.5, 0.6) is 0 Å². The van der Waals surface area contributed by atoms with Gasteiger partial charge in [-0.1, -0.05) is 0 Å². The lowest BCUT2D eigenvalue weighted by Gasteiger charge is -2.21. The molecule has 2 nitrogen and oxygen atoms in total. The molecule has 0 bridgehead atoms. The van der Waals surface area contributed by atoms with Crippen molar-refractivity contribution in [1.29, 1.82) is 0 Å². The Hall–Kier alpha value is -0.580. The van der Waals surface area contributed by atoms with Gasteiger partial charge in [-0.25, -0.2) is 4.39 Å². The molecule has 1 aromatic carbocycles. The topological polar surface area (TPSA) is 29.3 Å². The summed E-state index contributed by atoms with van der Waals surface area (Å²) in [6, 6.07) is 3.84. The lowest BCUT2D eigenvalue weighted by atomic mass is 9.98. The molecule has 1 heterocycles. The van der Waals surface area contributed by atoms with Crippen LogP contribution in [0.25, 0.3) is 0 Å². The van der Waals surface area contributed by atoms with Crippen molar-refractivity contribution >= 4 is 11.8 Å². The Morgan fingerprint density at radius 1 is 1.50 bits per heavy atom. The molecule has 2 N–H and O–H groups in total. The van der Waals surface area contributed by atoms with Gasteiger partial charge in [0.15, 0.2) is 0 Å². The molecule has 0 spiro atoms. The third-order valence-corrected chi connectivity index (χ3v) is 4.72. The van der Waals surface area contributed by atoms with Crippen LogP contribution in [0.2, 0.25) is 0 Å². The van der Waals surface area contributed by atoms with Crippen LogP contribution >= 0.6 is 11.8 Å². The van der Waals surface area contributed by atoms with E-state index in [0.717, 1.165) is 29.0 Å². The largest absolute Gasteiger partial charge is 0.330 e. The van der Waals surface area contributed by atoms with Crippen LogP contribution < -0.4 is 5.73 Å². The van der Waals surface area contributed by atoms with Gasteiger partial charge in [0, 0.05) is 23.0 Å². The number of hydrogen-bond acceptors (Lipinski definition) is 3. The van der Waals surface area contributed by atoms with Crippen molar-refractivity contribution in [2.45, 2.75) is 24.3 Å². The van der Waals surface area contributed by atoms with Crippen molar-refractivity contribution in [2.75, 3.05) is 26.4 Å². The molecule has 0 saturated carbocycles. The van der Waals surface area contributed by atoms with E-state index < -0.39 is 0 Å². The number of likely N-dealkylation sites (tertiary alicyclic amines) is 1. The minimum Gasteiger partial charge on any atom is -0.330 e. The maximum atomic E-state index is 14.2. The van der Waals surface area contributed by atoms with Gasteiger partial charge >= 0.3 is 0 Å². The molecule has 1 aromatic rings. The Balaban J connectivity index is 2.33. The summed E-state index contributed by atoms with van der Waals surface area (Å²) in [5.74, 6) is 0.401. The normalized spacial score (nSPS) is 24.7. The van der Waals surface area contributed by atoms with Gasteiger partial charge in [-0.3, -0.25) is 4.90 Å². The molecule has 100 valence electrons. The molecule has 0 aliphatic carbocycles. The number of nitrogens with two attached hydrogens (primary N) is 1. The third-order valence-electron chi connectivity index (χ3n) is 3.84. The second-order valence-electron chi connectivity index (χ2n) is 5.14. The maximum absolute atomic E-state index is 14.2. The van der Waals surface area contributed by atoms with E-state index in [2.05, 4.69) is 11.9 Å². The molecule has 1 aliphatic heterocycles. The number of hydrogen-bond donors (Lipinski definition) is 1. The van der Waals surface area contributed by atoms with Crippen molar-refractivity contribution in [2.24, 2.45) is 11.7 Å². The summed E-state index contributed by atoms with van der Waals surface area (Å²) in [5, 5.41) is 0. The number of aryl methyl sites for hydroxylation is 1. The fourth-order valence-electron chi connectivity index (χ4n) is 2.78. The first-order valence-corrected chi connectivity index (χ1v) is 7.53. The lowest BCUT2D eigenvalue weighted by Crippen LogP contribution is -2.21. The molecular weight excluding hydrogens is 247 g/mol. The second kappa shape index (κ2) is 5.59. The zero-order chi connectivity index (χ0) is 13.3. The Morgan fingerprint density at radius 2 is 2.22 bits per heavy atom. The quantitative estimate of drug-likeness (QED) is 0.855. The highest BCUT2D eigenvalue weighted by molar-refractivity contribution is 7.98. The second-order valence-corrected chi connectivity index (χ2v) is 5.98. The van der Waals surface area contributed by atoms with E-state index in [1.54, 1.807) is 17.8 Å². The Morgan fingerprint density at radius 3 is 2.78 bits per heavy atom. The Kier molecular flexibility index (Phi) is 4.30. The molecule has 0 aromatic heterocycles. The molecule has 2 atom stereocenters. The van der Waals surface area contributed by atoms with Gasteiger partial charge in [-0.05, 0) is 56.8 Å². The van der Waals surface area contributed by atoms with Crippen LogP contribution in [-0.4, -0.2) is 31.3 Å². The fourth-order valence-corrected chi connectivity index (χ4v) is 3.41. The van der Waals surface area contributed by atoms with Crippen molar-refractivity contribution < 1.29 is 4.39 Å². The number of rotatable bonds is 3. The van der Waals surface area contributed by atoms with E-state index in [-0.39, 0.29) is 11.9 Å². The van der Waals surface area contributed by atoms with Gasteiger partial charge < -0.3 is 5.73 Å². The summed E-state index contributed by atoms with van der Waals surface area (Å²) >= 11 is 1.67. The predicted molar refractivity (Wildman–Crippen MR) is 75.5 cm³/mol. The highest BCUT2D eigenvalue weighted by Crippen LogP contribution is 2.37. The van der Waals surface area contributed by atoms with Gasteiger partial charge in [0.05, 0.1) is 0 Å². The van der Waals surface area contributed by atoms with Crippen molar-refractivity contribution in [3.05, 3.63) is 29.1 Å². The van der Waals surface area contributed by atoms with E-state index >= 15 is 0 Å². The van der Waals surface area contributed by atoms with E-state index in [1.807, 2.05) is 19.2 Å². The summed E-state index contributed by atoms with van der Waals surface area (Å²) in [7, 11) is 2.05. The van der Waals surface area contributed by atoms with E-state index in [1.165, 1.54) is 0 Å². The standard InChI is InChI=1S/C14H21FN2S/c1-9-4-12(15)11(6-14(9)18-3)13-5-10(7-16)8-17(13)2/h4,6,10,13H,5,7-8,16H2,1-3H3. The van der Waals surface area contributed by atoms with Crippen LogP contribution in [0, 0.1) is 18.7 Å². The minimum absolute atomic E-state index is 0.0835. The SMILES string of the molecule is CSc1cc(C2CC(CN)CN2C)c(F)cc1C.